The fraction of sp³-hybridized carbons (Fsp3) is 0.385. The van der Waals surface area contributed by atoms with Crippen LogP contribution in [0.1, 0.15) is 85.9 Å². The van der Waals surface area contributed by atoms with Gasteiger partial charge in [0.25, 0.3) is 0 Å². The van der Waals surface area contributed by atoms with Crippen LogP contribution < -0.4 is 14.0 Å². The Labute approximate surface area is 275 Å². The second kappa shape index (κ2) is 15.6. The second-order valence-corrected chi connectivity index (χ2v) is 15.7. The fourth-order valence-electron chi connectivity index (χ4n) is 6.72. The van der Waals surface area contributed by atoms with Crippen molar-refractivity contribution in [3.8, 4) is 11.5 Å². The van der Waals surface area contributed by atoms with Crippen LogP contribution in [0.4, 0.5) is 0 Å². The highest BCUT2D eigenvalue weighted by Crippen LogP contribution is 2.70. The molecular weight excluding hydrogens is 610 g/mol. The number of fused-ring (bicyclic) bond motifs is 3. The largest absolute Gasteiger partial charge is 0.497 e. The Morgan fingerprint density at radius 3 is 1.52 bits per heavy atom. The van der Waals surface area contributed by atoms with E-state index in [1.54, 1.807) is 14.2 Å². The monoisotopic (exact) mass is 656 g/mol. The highest BCUT2D eigenvalue weighted by Gasteiger charge is 2.38. The van der Waals surface area contributed by atoms with Crippen LogP contribution in [0.15, 0.2) is 93.3 Å². The maximum atomic E-state index is 6.88. The summed E-state index contributed by atoms with van der Waals surface area (Å²) in [6.45, 7) is 4.43. The van der Waals surface area contributed by atoms with Gasteiger partial charge in [0.05, 0.1) is 20.6 Å². The molecule has 0 amide bonds. The van der Waals surface area contributed by atoms with Crippen LogP contribution in [0.3, 0.4) is 0 Å². The Kier molecular flexibility index (Phi) is 11.1. The van der Waals surface area contributed by atoms with Crippen molar-refractivity contribution in [1.29, 1.82) is 0 Å². The average molecular weight is 657 g/mol. The van der Waals surface area contributed by atoms with Gasteiger partial charge >= 0.3 is 8.24 Å². The first-order chi connectivity index (χ1) is 22.6. The lowest BCUT2D eigenvalue weighted by atomic mass is 10.00. The summed E-state index contributed by atoms with van der Waals surface area (Å²) >= 11 is 0. The molecule has 0 N–H and O–H groups in total. The maximum Gasteiger partial charge on any atom is 0.387 e. The highest BCUT2D eigenvalue weighted by atomic mass is 31.1. The van der Waals surface area contributed by atoms with Crippen LogP contribution in [0, 0.1) is 0 Å². The van der Waals surface area contributed by atoms with Gasteiger partial charge in [-0.15, -0.1) is 0 Å². The zero-order valence-electron chi connectivity index (χ0n) is 27.5. The Morgan fingerprint density at radius 1 is 0.652 bits per heavy atom. The van der Waals surface area contributed by atoms with E-state index in [2.05, 4.69) is 98.8 Å². The molecule has 2 heterocycles. The zero-order valence-corrected chi connectivity index (χ0v) is 29.3. The first-order valence-corrected chi connectivity index (χ1v) is 19.5. The highest BCUT2D eigenvalue weighted by molar-refractivity contribution is 7.59. The first kappa shape index (κ1) is 32.7. The molecule has 0 spiro atoms. The number of hydrogen-bond acceptors (Lipinski definition) is 5. The number of methoxy groups -OCH3 is 2. The summed E-state index contributed by atoms with van der Waals surface area (Å²) in [6.07, 6.45) is 9.00. The molecule has 3 atom stereocenters. The lowest BCUT2D eigenvalue weighted by Crippen LogP contribution is -2.02. The second-order valence-electron chi connectivity index (χ2n) is 12.1. The molecule has 2 unspecified atom stereocenters. The van der Waals surface area contributed by atoms with Crippen molar-refractivity contribution in [2.75, 3.05) is 20.6 Å². The number of ether oxygens (including phenoxy) is 2. The van der Waals surface area contributed by atoms with Gasteiger partial charge in [-0.25, -0.2) is 0 Å². The van der Waals surface area contributed by atoms with Crippen molar-refractivity contribution in [2.45, 2.75) is 76.5 Å². The van der Waals surface area contributed by atoms with E-state index in [4.69, 9.17) is 22.4 Å². The van der Waals surface area contributed by atoms with Crippen LogP contribution in [0.2, 0.25) is 0 Å². The normalized spacial score (nSPS) is 17.9. The molecule has 5 nitrogen and oxygen atoms in total. The van der Waals surface area contributed by atoms with Crippen LogP contribution in [-0.2, 0) is 12.8 Å². The Balaban J connectivity index is 1.50. The summed E-state index contributed by atoms with van der Waals surface area (Å²) in [4.78, 5) is 0. The van der Waals surface area contributed by atoms with Crippen LogP contribution in [0.5, 0.6) is 11.5 Å². The summed E-state index contributed by atoms with van der Waals surface area (Å²) in [5.74, 6) is 1.63. The van der Waals surface area contributed by atoms with Gasteiger partial charge in [-0.1, -0.05) is 95.3 Å². The molecule has 0 bridgehead atoms. The van der Waals surface area contributed by atoms with Crippen molar-refractivity contribution in [3.05, 3.63) is 107 Å². The Hall–Kier alpha value is -3.23. The molecule has 1 aromatic heterocycles. The van der Waals surface area contributed by atoms with E-state index in [1.165, 1.54) is 11.1 Å². The molecular formula is C39H46O5P2. The van der Waals surface area contributed by atoms with Gasteiger partial charge in [-0.3, -0.25) is 4.52 Å². The standard InChI is InChI=1S/C39H46O5P2/c1-5-7-15-30-23-32(40-3)25-34-35-26-33(41-4)24-31(16-8-6-2)39(35)44-46(43-38(30)34)42-27-45-36(28-17-11-9-12-18-28)21-22-37(45)29-19-13-10-14-20-29/h9-14,17-20,23-26,36-37H,5-8,15-16,21-22,27H2,1-4H3/t36-,37?,45?/m0/s1. The molecule has 4 aromatic carbocycles. The zero-order chi connectivity index (χ0) is 31.9. The Morgan fingerprint density at radius 2 is 1.11 bits per heavy atom. The number of hydrogen-bond donors (Lipinski definition) is 0. The van der Waals surface area contributed by atoms with Crippen molar-refractivity contribution in [2.24, 2.45) is 0 Å². The first-order valence-electron chi connectivity index (χ1n) is 16.7. The van der Waals surface area contributed by atoms with E-state index in [0.717, 1.165) is 95.9 Å². The topological polar surface area (TPSA) is 54.0 Å². The molecule has 0 radical (unpaired) electrons. The van der Waals surface area contributed by atoms with Gasteiger partial charge < -0.3 is 17.9 Å². The number of benzene rings is 4. The quantitative estimate of drug-likeness (QED) is 0.118. The SMILES string of the molecule is CCCCc1cc(OC)cc2c1op(OCP1C(c3ccccc3)CC[C@H]1c1ccccc1)oc1c(CCCC)cc(OC)cc12. The molecule has 1 aliphatic heterocycles. The van der Waals surface area contributed by atoms with Gasteiger partial charge in [0.2, 0.25) is 0 Å². The third-order valence-corrected chi connectivity index (χ3v) is 13.5. The predicted molar refractivity (Wildman–Crippen MR) is 193 cm³/mol. The molecule has 0 aliphatic carbocycles. The lowest BCUT2D eigenvalue weighted by molar-refractivity contribution is 0.414. The predicted octanol–water partition coefficient (Wildman–Crippen LogP) is 12.1. The Bertz CT molecular complexity index is 1640. The van der Waals surface area contributed by atoms with Crippen LogP contribution in [0.25, 0.3) is 21.9 Å². The molecule has 46 heavy (non-hydrogen) atoms. The van der Waals surface area contributed by atoms with E-state index < -0.39 is 16.2 Å². The molecule has 1 aliphatic rings. The lowest BCUT2D eigenvalue weighted by Gasteiger charge is -2.25. The average Bonchev–Trinajstić information content (AvgIpc) is 3.46. The van der Waals surface area contributed by atoms with E-state index in [1.807, 2.05) is 0 Å². The van der Waals surface area contributed by atoms with E-state index in [0.29, 0.717) is 17.7 Å². The fourth-order valence-corrected chi connectivity index (χ4v) is 11.4. The summed E-state index contributed by atoms with van der Waals surface area (Å²) in [5.41, 5.74) is 7.68. The molecule has 1 fully saturated rings. The van der Waals surface area contributed by atoms with Gasteiger partial charge in [-0.2, -0.15) is 0 Å². The summed E-state index contributed by atoms with van der Waals surface area (Å²) in [7, 11) is 1.19. The smallest absolute Gasteiger partial charge is 0.387 e. The number of aryl methyl sites for hydroxylation is 2. The molecule has 6 rings (SSSR count). The van der Waals surface area contributed by atoms with Crippen LogP contribution >= 0.6 is 16.2 Å². The number of rotatable bonds is 13. The van der Waals surface area contributed by atoms with E-state index >= 15 is 0 Å². The minimum atomic E-state index is -1.72. The van der Waals surface area contributed by atoms with E-state index in [-0.39, 0.29) is 0 Å². The molecule has 7 heteroatoms. The summed E-state index contributed by atoms with van der Waals surface area (Å²) < 4.78 is 32.2. The van der Waals surface area contributed by atoms with E-state index in [9.17, 15) is 0 Å². The van der Waals surface area contributed by atoms with Crippen molar-refractivity contribution in [1.82, 2.24) is 0 Å². The molecule has 5 aromatic rings. The van der Waals surface area contributed by atoms with Crippen LogP contribution in [-0.4, -0.2) is 20.6 Å². The van der Waals surface area contributed by atoms with Crippen molar-refractivity contribution < 1.29 is 22.4 Å². The van der Waals surface area contributed by atoms with Gasteiger partial charge in [0, 0.05) is 22.1 Å². The van der Waals surface area contributed by atoms with Crippen molar-refractivity contribution >= 4 is 38.1 Å². The van der Waals surface area contributed by atoms with Gasteiger partial charge in [0.15, 0.2) is 0 Å². The summed E-state index contributed by atoms with van der Waals surface area (Å²) in [6, 6.07) is 30.4. The third-order valence-electron chi connectivity index (χ3n) is 9.17. The molecule has 0 saturated carbocycles. The summed E-state index contributed by atoms with van der Waals surface area (Å²) in [5, 5.41) is 1.95. The maximum absolute atomic E-state index is 6.88. The number of unbranched alkanes of at least 4 members (excludes halogenated alkanes) is 2. The third kappa shape index (κ3) is 7.18. The molecule has 242 valence electrons. The van der Waals surface area contributed by atoms with Gasteiger partial charge in [-0.05, 0) is 85.0 Å². The molecule has 1 saturated heterocycles. The minimum Gasteiger partial charge on any atom is -0.497 e. The minimum absolute atomic E-state index is 0.469. The van der Waals surface area contributed by atoms with Gasteiger partial charge in [0.1, 0.15) is 22.7 Å². The van der Waals surface area contributed by atoms with Crippen molar-refractivity contribution in [3.63, 3.8) is 0 Å².